The summed E-state index contributed by atoms with van der Waals surface area (Å²) in [4.78, 5) is 0. The predicted octanol–water partition coefficient (Wildman–Crippen LogP) is 1.73. The minimum absolute atomic E-state index is 0.408. The van der Waals surface area contributed by atoms with Crippen LogP contribution in [0.25, 0.3) is 0 Å². The zero-order valence-corrected chi connectivity index (χ0v) is 10.1. The molecule has 1 N–H and O–H groups in total. The van der Waals surface area contributed by atoms with Crippen molar-refractivity contribution >= 4 is 0 Å². The summed E-state index contributed by atoms with van der Waals surface area (Å²) in [6.07, 6.45) is 4.66. The Balaban J connectivity index is 1.79. The van der Waals surface area contributed by atoms with E-state index in [1.165, 1.54) is 0 Å². The van der Waals surface area contributed by atoms with Crippen LogP contribution in [0.1, 0.15) is 38.4 Å². The van der Waals surface area contributed by atoms with Gasteiger partial charge in [-0.1, -0.05) is 0 Å². The number of hydrogen-bond donors (Lipinski definition) is 1. The summed E-state index contributed by atoms with van der Waals surface area (Å²) in [5, 5.41) is 7.80. The van der Waals surface area contributed by atoms with Gasteiger partial charge in [0.1, 0.15) is 0 Å². The zero-order valence-electron chi connectivity index (χ0n) is 10.1. The highest BCUT2D eigenvalue weighted by molar-refractivity contribution is 4.97. The molecular formula is C12H21N3O. The van der Waals surface area contributed by atoms with Gasteiger partial charge in [-0.25, -0.2) is 0 Å². The maximum Gasteiger partial charge on any atom is 0.0910 e. The number of hydrogen-bond acceptors (Lipinski definition) is 3. The van der Waals surface area contributed by atoms with Gasteiger partial charge in [0.15, 0.2) is 0 Å². The van der Waals surface area contributed by atoms with Crippen molar-refractivity contribution in [2.24, 2.45) is 0 Å². The molecule has 0 radical (unpaired) electrons. The summed E-state index contributed by atoms with van der Waals surface area (Å²) in [7, 11) is 0. The lowest BCUT2D eigenvalue weighted by atomic mass is 10.1. The van der Waals surface area contributed by atoms with Gasteiger partial charge in [0, 0.05) is 12.2 Å². The van der Waals surface area contributed by atoms with Gasteiger partial charge >= 0.3 is 0 Å². The molecular weight excluding hydrogens is 202 g/mol. The molecule has 2 heterocycles. The first-order chi connectivity index (χ1) is 7.75. The van der Waals surface area contributed by atoms with E-state index in [0.29, 0.717) is 18.8 Å². The predicted molar refractivity (Wildman–Crippen MR) is 63.3 cm³/mol. The van der Waals surface area contributed by atoms with Gasteiger partial charge < -0.3 is 10.1 Å². The fourth-order valence-corrected chi connectivity index (χ4v) is 1.91. The first kappa shape index (κ1) is 11.6. The van der Waals surface area contributed by atoms with E-state index in [-0.39, 0.29) is 0 Å². The van der Waals surface area contributed by atoms with E-state index in [0.717, 1.165) is 31.6 Å². The average molecular weight is 223 g/mol. The lowest BCUT2D eigenvalue weighted by Crippen LogP contribution is -2.32. The van der Waals surface area contributed by atoms with Crippen molar-refractivity contribution in [1.29, 1.82) is 0 Å². The van der Waals surface area contributed by atoms with Crippen molar-refractivity contribution in [2.45, 2.75) is 45.4 Å². The minimum Gasteiger partial charge on any atom is -0.372 e. The van der Waals surface area contributed by atoms with Crippen LogP contribution in [0.2, 0.25) is 0 Å². The molecule has 1 aliphatic heterocycles. The highest BCUT2D eigenvalue weighted by Crippen LogP contribution is 2.11. The third-order valence-corrected chi connectivity index (χ3v) is 2.95. The summed E-state index contributed by atoms with van der Waals surface area (Å²) < 4.78 is 7.82. The molecule has 0 unspecified atom stereocenters. The van der Waals surface area contributed by atoms with Crippen LogP contribution in [-0.4, -0.2) is 29.0 Å². The summed E-state index contributed by atoms with van der Waals surface area (Å²) >= 11 is 0. The van der Waals surface area contributed by atoms with E-state index in [9.17, 15) is 0 Å². The second-order valence-corrected chi connectivity index (χ2v) is 4.64. The second-order valence-electron chi connectivity index (χ2n) is 4.64. The third-order valence-electron chi connectivity index (χ3n) is 2.95. The van der Waals surface area contributed by atoms with Crippen molar-refractivity contribution in [3.63, 3.8) is 0 Å². The molecule has 1 fully saturated rings. The quantitative estimate of drug-likeness (QED) is 0.845. The summed E-state index contributed by atoms with van der Waals surface area (Å²) in [6, 6.07) is 2.47. The number of piperidine rings is 1. The number of ether oxygens (including phenoxy) is 1. The Kier molecular flexibility index (Phi) is 3.96. The molecule has 0 spiro atoms. The Morgan fingerprint density at radius 3 is 2.88 bits per heavy atom. The van der Waals surface area contributed by atoms with Crippen molar-refractivity contribution in [2.75, 3.05) is 13.1 Å². The van der Waals surface area contributed by atoms with Crippen LogP contribution in [0.15, 0.2) is 12.3 Å². The Bertz CT molecular complexity index is 316. The van der Waals surface area contributed by atoms with E-state index in [1.807, 2.05) is 16.9 Å². The number of nitrogens with one attached hydrogen (secondary N) is 1. The highest BCUT2D eigenvalue weighted by Gasteiger charge is 2.13. The number of aromatic nitrogens is 2. The van der Waals surface area contributed by atoms with Crippen molar-refractivity contribution < 1.29 is 4.74 Å². The Hall–Kier alpha value is -0.870. The van der Waals surface area contributed by atoms with Crippen LogP contribution in [-0.2, 0) is 11.3 Å². The number of nitrogens with zero attached hydrogens (tertiary/aromatic N) is 2. The van der Waals surface area contributed by atoms with Gasteiger partial charge in [0.25, 0.3) is 0 Å². The van der Waals surface area contributed by atoms with Gasteiger partial charge in [-0.2, -0.15) is 5.10 Å². The van der Waals surface area contributed by atoms with Crippen LogP contribution in [0.3, 0.4) is 0 Å². The molecule has 90 valence electrons. The fraction of sp³-hybridized carbons (Fsp3) is 0.750. The summed E-state index contributed by atoms with van der Waals surface area (Å²) in [5.41, 5.74) is 1.03. The maximum absolute atomic E-state index is 5.85. The molecule has 0 bridgehead atoms. The van der Waals surface area contributed by atoms with E-state index in [1.54, 1.807) is 0 Å². The molecule has 1 aromatic heterocycles. The van der Waals surface area contributed by atoms with E-state index in [2.05, 4.69) is 24.3 Å². The van der Waals surface area contributed by atoms with Crippen LogP contribution in [0.4, 0.5) is 0 Å². The van der Waals surface area contributed by atoms with Gasteiger partial charge in [0.05, 0.1) is 18.4 Å². The second kappa shape index (κ2) is 5.46. The molecule has 4 heteroatoms. The molecule has 1 aliphatic rings. The normalized spacial score (nSPS) is 18.2. The van der Waals surface area contributed by atoms with Crippen molar-refractivity contribution in [3.05, 3.63) is 18.0 Å². The van der Waals surface area contributed by atoms with Gasteiger partial charge in [-0.05, 0) is 45.8 Å². The van der Waals surface area contributed by atoms with E-state index < -0.39 is 0 Å². The molecule has 0 aromatic carbocycles. The molecule has 1 saturated heterocycles. The monoisotopic (exact) mass is 223 g/mol. The SMILES string of the molecule is CC(C)n1ccc(COC2CCNCC2)n1. The third kappa shape index (κ3) is 3.06. The van der Waals surface area contributed by atoms with Crippen LogP contribution >= 0.6 is 0 Å². The van der Waals surface area contributed by atoms with E-state index in [4.69, 9.17) is 4.74 Å². The standard InChI is InChI=1S/C12H21N3O/c1-10(2)15-8-5-11(14-15)9-16-12-3-6-13-7-4-12/h5,8,10,12-13H,3-4,6-7,9H2,1-2H3. The maximum atomic E-state index is 5.85. The largest absolute Gasteiger partial charge is 0.372 e. The highest BCUT2D eigenvalue weighted by atomic mass is 16.5. The van der Waals surface area contributed by atoms with Gasteiger partial charge in [-0.3, -0.25) is 4.68 Å². The van der Waals surface area contributed by atoms with Gasteiger partial charge in [-0.15, -0.1) is 0 Å². The minimum atomic E-state index is 0.408. The molecule has 0 amide bonds. The van der Waals surface area contributed by atoms with Crippen LogP contribution in [0.5, 0.6) is 0 Å². The number of rotatable bonds is 4. The van der Waals surface area contributed by atoms with Crippen molar-refractivity contribution in [1.82, 2.24) is 15.1 Å². The lowest BCUT2D eigenvalue weighted by Gasteiger charge is -2.22. The first-order valence-corrected chi connectivity index (χ1v) is 6.12. The lowest BCUT2D eigenvalue weighted by molar-refractivity contribution is 0.0193. The average Bonchev–Trinajstić information content (AvgIpc) is 2.76. The van der Waals surface area contributed by atoms with Crippen LogP contribution < -0.4 is 5.32 Å². The smallest absolute Gasteiger partial charge is 0.0910 e. The summed E-state index contributed by atoms with van der Waals surface area (Å²) in [6.45, 7) is 7.05. The van der Waals surface area contributed by atoms with Crippen LogP contribution in [0, 0.1) is 0 Å². The molecule has 0 saturated carbocycles. The summed E-state index contributed by atoms with van der Waals surface area (Å²) in [5.74, 6) is 0. The zero-order chi connectivity index (χ0) is 11.4. The molecule has 4 nitrogen and oxygen atoms in total. The Labute approximate surface area is 97.0 Å². The molecule has 2 rings (SSSR count). The molecule has 0 atom stereocenters. The van der Waals surface area contributed by atoms with E-state index >= 15 is 0 Å². The fourth-order valence-electron chi connectivity index (χ4n) is 1.91. The van der Waals surface area contributed by atoms with Crippen molar-refractivity contribution in [3.8, 4) is 0 Å². The molecule has 16 heavy (non-hydrogen) atoms. The Morgan fingerprint density at radius 2 is 2.25 bits per heavy atom. The first-order valence-electron chi connectivity index (χ1n) is 6.12. The molecule has 1 aromatic rings. The van der Waals surface area contributed by atoms with Gasteiger partial charge in [0.2, 0.25) is 0 Å². The topological polar surface area (TPSA) is 39.1 Å². The Morgan fingerprint density at radius 1 is 1.50 bits per heavy atom. The molecule has 0 aliphatic carbocycles.